The van der Waals surface area contributed by atoms with E-state index in [1.807, 2.05) is 0 Å². The highest BCUT2D eigenvalue weighted by molar-refractivity contribution is 5.89. The van der Waals surface area contributed by atoms with Gasteiger partial charge in [-0.15, -0.1) is 0 Å². The quantitative estimate of drug-likeness (QED) is 0.781. The molecule has 102 valence electrons. The molecule has 1 unspecified atom stereocenters. The lowest BCUT2D eigenvalue weighted by Crippen LogP contribution is -2.52. The molecule has 1 heterocycles. The maximum absolute atomic E-state index is 12.2. The summed E-state index contributed by atoms with van der Waals surface area (Å²) in [4.78, 5) is 25.2. The van der Waals surface area contributed by atoms with Gasteiger partial charge >= 0.3 is 5.97 Å². The first-order valence-electron chi connectivity index (χ1n) is 6.59. The van der Waals surface area contributed by atoms with Gasteiger partial charge in [0, 0.05) is 13.1 Å². The molecule has 0 aromatic carbocycles. The van der Waals surface area contributed by atoms with Gasteiger partial charge in [-0.3, -0.25) is 9.59 Å². The van der Waals surface area contributed by atoms with Gasteiger partial charge in [0.05, 0.1) is 11.0 Å². The summed E-state index contributed by atoms with van der Waals surface area (Å²) in [6, 6.07) is 0. The summed E-state index contributed by atoms with van der Waals surface area (Å²) in [5, 5.41) is 9.26. The number of carbonyl (C=O) groups is 2. The number of nitrogens with zero attached hydrogens (tertiary/aromatic N) is 1. The third-order valence-electron chi connectivity index (χ3n) is 4.50. The summed E-state index contributed by atoms with van der Waals surface area (Å²) >= 11 is 0. The van der Waals surface area contributed by atoms with Crippen LogP contribution in [0.3, 0.4) is 0 Å². The van der Waals surface area contributed by atoms with E-state index < -0.39 is 16.9 Å². The molecule has 3 N–H and O–H groups in total. The number of likely N-dealkylation sites (tertiary alicyclic amines) is 1. The molecule has 1 aliphatic heterocycles. The highest BCUT2D eigenvalue weighted by Gasteiger charge is 2.50. The Bertz CT molecular complexity index is 374. The summed E-state index contributed by atoms with van der Waals surface area (Å²) in [6.45, 7) is 4.72. The van der Waals surface area contributed by atoms with E-state index in [-0.39, 0.29) is 11.8 Å². The van der Waals surface area contributed by atoms with Gasteiger partial charge in [-0.1, -0.05) is 0 Å². The molecule has 2 aliphatic rings. The minimum absolute atomic E-state index is 0.00777. The van der Waals surface area contributed by atoms with Gasteiger partial charge in [0.1, 0.15) is 0 Å². The number of carbonyl (C=O) groups excluding carboxylic acids is 1. The molecule has 1 aliphatic carbocycles. The Labute approximate surface area is 107 Å². The molecule has 0 radical (unpaired) electrons. The van der Waals surface area contributed by atoms with E-state index in [1.54, 1.807) is 18.7 Å². The second kappa shape index (κ2) is 4.23. The van der Waals surface area contributed by atoms with Crippen molar-refractivity contribution in [3.63, 3.8) is 0 Å². The zero-order chi connectivity index (χ0) is 13.6. The molecule has 0 spiro atoms. The van der Waals surface area contributed by atoms with E-state index in [0.29, 0.717) is 13.1 Å². The van der Waals surface area contributed by atoms with Crippen LogP contribution >= 0.6 is 0 Å². The van der Waals surface area contributed by atoms with E-state index in [4.69, 9.17) is 5.73 Å². The van der Waals surface area contributed by atoms with Crippen molar-refractivity contribution in [1.29, 1.82) is 0 Å². The van der Waals surface area contributed by atoms with Crippen LogP contribution < -0.4 is 5.73 Å². The van der Waals surface area contributed by atoms with Gasteiger partial charge in [-0.25, -0.2) is 0 Å². The molecular formula is C13H22N2O3. The van der Waals surface area contributed by atoms with Crippen molar-refractivity contribution >= 4 is 11.9 Å². The van der Waals surface area contributed by atoms with Gasteiger partial charge in [0.2, 0.25) is 5.91 Å². The third kappa shape index (κ3) is 2.23. The Balaban J connectivity index is 2.05. The number of nitrogens with two attached hydrogens (primary N) is 1. The first-order valence-corrected chi connectivity index (χ1v) is 6.59. The number of rotatable bonds is 3. The van der Waals surface area contributed by atoms with Crippen LogP contribution in [0.1, 0.15) is 39.5 Å². The lowest BCUT2D eigenvalue weighted by Gasteiger charge is -2.40. The number of piperidine rings is 1. The molecule has 5 heteroatoms. The smallest absolute Gasteiger partial charge is 0.309 e. The highest BCUT2D eigenvalue weighted by Crippen LogP contribution is 2.38. The summed E-state index contributed by atoms with van der Waals surface area (Å²) < 4.78 is 0. The van der Waals surface area contributed by atoms with Crippen molar-refractivity contribution in [1.82, 2.24) is 4.90 Å². The zero-order valence-electron chi connectivity index (χ0n) is 11.1. The summed E-state index contributed by atoms with van der Waals surface area (Å²) in [7, 11) is 0. The van der Waals surface area contributed by atoms with Crippen LogP contribution in [-0.4, -0.2) is 40.5 Å². The van der Waals surface area contributed by atoms with Crippen molar-refractivity contribution in [3.8, 4) is 0 Å². The number of hydrogen-bond acceptors (Lipinski definition) is 3. The average molecular weight is 254 g/mol. The van der Waals surface area contributed by atoms with Crippen molar-refractivity contribution in [2.75, 3.05) is 13.1 Å². The Hall–Kier alpha value is -1.10. The van der Waals surface area contributed by atoms with Gasteiger partial charge < -0.3 is 15.7 Å². The number of hydrogen-bond donors (Lipinski definition) is 2. The highest BCUT2D eigenvalue weighted by atomic mass is 16.4. The lowest BCUT2D eigenvalue weighted by atomic mass is 9.74. The fourth-order valence-electron chi connectivity index (χ4n) is 2.59. The van der Waals surface area contributed by atoms with Crippen molar-refractivity contribution in [2.45, 2.75) is 45.1 Å². The maximum atomic E-state index is 12.2. The van der Waals surface area contributed by atoms with Crippen LogP contribution in [0.25, 0.3) is 0 Å². The van der Waals surface area contributed by atoms with Gasteiger partial charge in [0.25, 0.3) is 0 Å². The second-order valence-electron chi connectivity index (χ2n) is 6.27. The van der Waals surface area contributed by atoms with Gasteiger partial charge in [-0.05, 0) is 45.4 Å². The number of carboxylic acid groups (broad SMARTS) is 1. The predicted molar refractivity (Wildman–Crippen MR) is 66.9 cm³/mol. The molecule has 0 aromatic rings. The molecule has 1 saturated carbocycles. The second-order valence-corrected chi connectivity index (χ2v) is 6.27. The lowest BCUT2D eigenvalue weighted by molar-refractivity contribution is -0.153. The van der Waals surface area contributed by atoms with Crippen LogP contribution in [0.5, 0.6) is 0 Å². The average Bonchev–Trinajstić information content (AvgIpc) is 3.07. The van der Waals surface area contributed by atoms with E-state index in [9.17, 15) is 14.7 Å². The van der Waals surface area contributed by atoms with Crippen molar-refractivity contribution in [3.05, 3.63) is 0 Å². The molecule has 5 nitrogen and oxygen atoms in total. The minimum Gasteiger partial charge on any atom is -0.481 e. The number of amides is 1. The standard InChI is InChI=1S/C13H22N2O3/c1-12(2,11(17)18)9-4-3-7-15(8-9)10(16)13(14)5-6-13/h9H,3-8,14H2,1-2H3,(H,17,18). The first kappa shape index (κ1) is 13.3. The first-order chi connectivity index (χ1) is 8.27. The van der Waals surface area contributed by atoms with E-state index in [0.717, 1.165) is 25.7 Å². The number of carboxylic acids is 1. The van der Waals surface area contributed by atoms with Crippen LogP contribution in [-0.2, 0) is 9.59 Å². The Kier molecular flexibility index (Phi) is 3.13. The van der Waals surface area contributed by atoms with Crippen molar-refractivity contribution in [2.24, 2.45) is 17.1 Å². The minimum atomic E-state index is -0.796. The van der Waals surface area contributed by atoms with Crippen LogP contribution in [0.15, 0.2) is 0 Å². The molecule has 1 saturated heterocycles. The molecule has 2 rings (SSSR count). The van der Waals surface area contributed by atoms with E-state index >= 15 is 0 Å². The Morgan fingerprint density at radius 1 is 1.39 bits per heavy atom. The zero-order valence-corrected chi connectivity index (χ0v) is 11.1. The van der Waals surface area contributed by atoms with Gasteiger partial charge in [0.15, 0.2) is 0 Å². The normalized spacial score (nSPS) is 26.8. The molecule has 1 amide bonds. The molecule has 2 fully saturated rings. The molecular weight excluding hydrogens is 232 g/mol. The fourth-order valence-corrected chi connectivity index (χ4v) is 2.59. The topological polar surface area (TPSA) is 83.6 Å². The number of aliphatic carboxylic acids is 1. The Morgan fingerprint density at radius 2 is 2.00 bits per heavy atom. The maximum Gasteiger partial charge on any atom is 0.309 e. The van der Waals surface area contributed by atoms with Crippen molar-refractivity contribution < 1.29 is 14.7 Å². The van der Waals surface area contributed by atoms with Crippen LogP contribution in [0.2, 0.25) is 0 Å². The molecule has 1 atom stereocenters. The van der Waals surface area contributed by atoms with Crippen LogP contribution in [0.4, 0.5) is 0 Å². The van der Waals surface area contributed by atoms with E-state index in [2.05, 4.69) is 0 Å². The van der Waals surface area contributed by atoms with Crippen LogP contribution in [0, 0.1) is 11.3 Å². The largest absolute Gasteiger partial charge is 0.481 e. The SMILES string of the molecule is CC(C)(C(=O)O)C1CCCN(C(=O)C2(N)CC2)C1. The summed E-state index contributed by atoms with van der Waals surface area (Å²) in [5.41, 5.74) is 4.50. The molecule has 18 heavy (non-hydrogen) atoms. The third-order valence-corrected chi connectivity index (χ3v) is 4.50. The summed E-state index contributed by atoms with van der Waals surface area (Å²) in [5.74, 6) is -0.779. The van der Waals surface area contributed by atoms with E-state index in [1.165, 1.54) is 0 Å². The predicted octanol–water partition coefficient (Wildman–Crippen LogP) is 0.827. The molecule has 0 aromatic heterocycles. The Morgan fingerprint density at radius 3 is 2.50 bits per heavy atom. The molecule has 0 bridgehead atoms. The van der Waals surface area contributed by atoms with Gasteiger partial charge in [-0.2, -0.15) is 0 Å². The monoisotopic (exact) mass is 254 g/mol. The fraction of sp³-hybridized carbons (Fsp3) is 0.846. The summed E-state index contributed by atoms with van der Waals surface area (Å²) in [6.07, 6.45) is 3.24.